The summed E-state index contributed by atoms with van der Waals surface area (Å²) >= 11 is 0. The maximum atomic E-state index is 12.5. The predicted octanol–water partition coefficient (Wildman–Crippen LogP) is 4.66. The third-order valence-corrected chi connectivity index (χ3v) is 5.88. The molecular weight excluding hydrogens is 418 g/mol. The first-order valence-corrected chi connectivity index (χ1v) is 11.2. The summed E-state index contributed by atoms with van der Waals surface area (Å²) < 4.78 is 39.0. The Kier molecular flexibility index (Phi) is 6.96. The molecule has 0 radical (unpaired) electrons. The van der Waals surface area contributed by atoms with E-state index >= 15 is 0 Å². The van der Waals surface area contributed by atoms with Gasteiger partial charge in [0.1, 0.15) is 15.8 Å². The van der Waals surface area contributed by atoms with Crippen LogP contribution in [0.15, 0.2) is 57.9 Å². The minimum Gasteiger partial charge on any atom is -0.539 e. The van der Waals surface area contributed by atoms with Crippen LogP contribution >= 0.6 is 0 Å². The van der Waals surface area contributed by atoms with Crippen LogP contribution in [0.2, 0.25) is 0 Å². The predicted molar refractivity (Wildman–Crippen MR) is 117 cm³/mol. The number of hydrogen-bond donors (Lipinski definition) is 1. The quantitative estimate of drug-likeness (QED) is 0.516. The topological polar surface area (TPSA) is 113 Å². The van der Waals surface area contributed by atoms with Gasteiger partial charge in [0.25, 0.3) is 5.91 Å². The van der Waals surface area contributed by atoms with Gasteiger partial charge in [-0.1, -0.05) is 30.6 Å². The van der Waals surface area contributed by atoms with Crippen LogP contribution in [0.25, 0.3) is 4.72 Å². The van der Waals surface area contributed by atoms with Crippen molar-refractivity contribution < 1.29 is 22.5 Å². The average Bonchev–Trinajstić information content (AvgIpc) is 3.05. The van der Waals surface area contributed by atoms with Crippen LogP contribution in [0.4, 0.5) is 11.6 Å². The van der Waals surface area contributed by atoms with Crippen molar-refractivity contribution in [3.63, 3.8) is 0 Å². The van der Waals surface area contributed by atoms with Crippen LogP contribution in [-0.2, 0) is 21.2 Å². The third kappa shape index (κ3) is 5.85. The minimum atomic E-state index is -3.97. The van der Waals surface area contributed by atoms with Crippen molar-refractivity contribution in [1.82, 2.24) is 5.16 Å². The normalized spacial score (nSPS) is 11.2. The Balaban J connectivity index is 1.55. The molecule has 164 valence electrons. The molecule has 1 aromatic heterocycles. The van der Waals surface area contributed by atoms with E-state index in [4.69, 9.17) is 9.26 Å². The molecule has 0 unspecified atom stereocenters. The fraction of sp³-hybridized carbons (Fsp3) is 0.273. The van der Waals surface area contributed by atoms with Gasteiger partial charge < -0.3 is 19.3 Å². The summed E-state index contributed by atoms with van der Waals surface area (Å²) in [6.45, 7) is 5.34. The smallest absolute Gasteiger partial charge is 0.262 e. The van der Waals surface area contributed by atoms with Crippen molar-refractivity contribution in [1.29, 1.82) is 0 Å². The molecule has 9 heteroatoms. The number of carbonyl (C=O) groups is 1. The molecule has 0 saturated heterocycles. The van der Waals surface area contributed by atoms with Gasteiger partial charge in [0.2, 0.25) is 0 Å². The number of nitrogens with zero attached hydrogens (tertiary/aromatic N) is 2. The van der Waals surface area contributed by atoms with Crippen molar-refractivity contribution in [3.8, 4) is 5.75 Å². The summed E-state index contributed by atoms with van der Waals surface area (Å²) in [7, 11) is -3.97. The summed E-state index contributed by atoms with van der Waals surface area (Å²) in [4.78, 5) is 12.1. The Labute approximate surface area is 181 Å². The number of nitrogens with one attached hydrogen (secondary N) is 1. The summed E-state index contributed by atoms with van der Waals surface area (Å²) in [5.74, 6) is 0.205. The summed E-state index contributed by atoms with van der Waals surface area (Å²) in [6.07, 6.45) is 2.06. The van der Waals surface area contributed by atoms with E-state index in [1.807, 2.05) is 24.3 Å². The van der Waals surface area contributed by atoms with Gasteiger partial charge in [-0.3, -0.25) is 4.79 Å². The zero-order valence-electron chi connectivity index (χ0n) is 17.6. The van der Waals surface area contributed by atoms with E-state index in [1.54, 1.807) is 13.8 Å². The number of ether oxygens (including phenoxy) is 1. The van der Waals surface area contributed by atoms with Gasteiger partial charge in [0, 0.05) is 5.69 Å². The summed E-state index contributed by atoms with van der Waals surface area (Å²) in [5, 5.41) is 6.37. The van der Waals surface area contributed by atoms with Gasteiger partial charge in [-0.2, -0.15) is 0 Å². The summed E-state index contributed by atoms with van der Waals surface area (Å²) in [6, 6.07) is 13.3. The van der Waals surface area contributed by atoms with Crippen molar-refractivity contribution >= 4 is 27.5 Å². The standard InChI is InChI=1S/C22H25N3O5S/c1-4-5-17-6-10-19(11-7-17)29-14-21(26)23-18-8-12-20(13-9-18)31(27,28)25-22-15(2)16(3)24-30-22/h6-13H,4-5,14H2,1-3H3,(H2,23,24,25,26)/p-1. The molecule has 0 saturated carbocycles. The molecule has 0 aliphatic carbocycles. The Hall–Kier alpha value is -3.33. The number of carbonyl (C=O) groups excluding carboxylic acids is 1. The van der Waals surface area contributed by atoms with Gasteiger partial charge in [-0.25, -0.2) is 8.42 Å². The number of aromatic nitrogens is 1. The zero-order chi connectivity index (χ0) is 22.4. The Morgan fingerprint density at radius 3 is 2.35 bits per heavy atom. The molecule has 1 N–H and O–H groups in total. The van der Waals surface area contributed by atoms with Gasteiger partial charge >= 0.3 is 0 Å². The minimum absolute atomic E-state index is 0.0256. The SMILES string of the molecule is CCCc1ccc(OCC(=O)Nc2ccc(S(=O)(=O)[N-]c3onc(C)c3C)cc2)cc1. The van der Waals surface area contributed by atoms with E-state index in [1.165, 1.54) is 29.8 Å². The van der Waals surface area contributed by atoms with Gasteiger partial charge in [-0.15, -0.1) is 0 Å². The number of hydrogen-bond acceptors (Lipinski definition) is 6. The number of anilines is 1. The summed E-state index contributed by atoms with van der Waals surface area (Å²) in [5.41, 5.74) is 2.80. The molecule has 0 fully saturated rings. The number of sulfonamides is 1. The highest BCUT2D eigenvalue weighted by molar-refractivity contribution is 7.94. The molecule has 0 aliphatic rings. The van der Waals surface area contributed by atoms with Crippen molar-refractivity contribution in [3.05, 3.63) is 70.1 Å². The monoisotopic (exact) mass is 442 g/mol. The second-order valence-electron chi connectivity index (χ2n) is 7.02. The van der Waals surface area contributed by atoms with Gasteiger partial charge in [0.15, 0.2) is 6.61 Å². The lowest BCUT2D eigenvalue weighted by Gasteiger charge is -2.19. The van der Waals surface area contributed by atoms with Crippen LogP contribution < -0.4 is 10.1 Å². The third-order valence-electron chi connectivity index (χ3n) is 4.60. The van der Waals surface area contributed by atoms with Crippen LogP contribution in [0.1, 0.15) is 30.2 Å². The van der Waals surface area contributed by atoms with E-state index < -0.39 is 10.0 Å². The first-order valence-electron chi connectivity index (χ1n) is 9.81. The van der Waals surface area contributed by atoms with Crippen molar-refractivity contribution in [2.24, 2.45) is 0 Å². The van der Waals surface area contributed by atoms with Crippen LogP contribution in [0.5, 0.6) is 5.75 Å². The molecule has 0 aliphatic heterocycles. The fourth-order valence-corrected chi connectivity index (χ4v) is 3.72. The van der Waals surface area contributed by atoms with E-state index in [-0.39, 0.29) is 23.3 Å². The lowest BCUT2D eigenvalue weighted by molar-refractivity contribution is -0.118. The highest BCUT2D eigenvalue weighted by Gasteiger charge is 2.10. The zero-order valence-corrected chi connectivity index (χ0v) is 18.4. The lowest BCUT2D eigenvalue weighted by Crippen LogP contribution is -2.20. The molecule has 31 heavy (non-hydrogen) atoms. The Morgan fingerprint density at radius 1 is 1.10 bits per heavy atom. The number of amides is 1. The van der Waals surface area contributed by atoms with E-state index in [9.17, 15) is 13.2 Å². The second kappa shape index (κ2) is 9.65. The molecule has 8 nitrogen and oxygen atoms in total. The molecule has 2 aromatic carbocycles. The fourth-order valence-electron chi connectivity index (χ4n) is 2.75. The van der Waals surface area contributed by atoms with E-state index in [0.717, 1.165) is 12.8 Å². The molecule has 0 spiro atoms. The number of aryl methyl sites for hydroxylation is 2. The Bertz CT molecular complexity index is 1140. The molecule has 3 rings (SSSR count). The van der Waals surface area contributed by atoms with E-state index in [2.05, 4.69) is 22.1 Å². The van der Waals surface area contributed by atoms with Gasteiger partial charge in [0.05, 0.1) is 16.5 Å². The number of rotatable bonds is 9. The molecule has 3 aromatic rings. The van der Waals surface area contributed by atoms with Crippen molar-refractivity contribution in [2.45, 2.75) is 38.5 Å². The van der Waals surface area contributed by atoms with Crippen molar-refractivity contribution in [2.75, 3.05) is 11.9 Å². The Morgan fingerprint density at radius 2 is 1.77 bits per heavy atom. The first-order chi connectivity index (χ1) is 14.8. The first kappa shape index (κ1) is 22.4. The molecule has 1 amide bonds. The number of benzene rings is 2. The van der Waals surface area contributed by atoms with Crippen LogP contribution in [0, 0.1) is 13.8 Å². The second-order valence-corrected chi connectivity index (χ2v) is 8.62. The lowest BCUT2D eigenvalue weighted by atomic mass is 10.1. The average molecular weight is 443 g/mol. The highest BCUT2D eigenvalue weighted by atomic mass is 32.2. The van der Waals surface area contributed by atoms with E-state index in [0.29, 0.717) is 22.7 Å². The van der Waals surface area contributed by atoms with Crippen LogP contribution in [0.3, 0.4) is 0 Å². The molecule has 0 bridgehead atoms. The van der Waals surface area contributed by atoms with Gasteiger partial charge in [-0.05, 0) is 67.8 Å². The highest BCUT2D eigenvalue weighted by Crippen LogP contribution is 2.32. The maximum absolute atomic E-state index is 12.5. The molecular formula is C22H24N3O5S-. The maximum Gasteiger partial charge on any atom is 0.262 e. The molecule has 1 heterocycles. The van der Waals surface area contributed by atoms with Crippen LogP contribution in [-0.4, -0.2) is 26.1 Å². The largest absolute Gasteiger partial charge is 0.539 e. The molecule has 0 atom stereocenters.